The smallest absolute Gasteiger partial charge is 0.303 e. The third-order valence-electron chi connectivity index (χ3n) is 13.3. The van der Waals surface area contributed by atoms with Crippen molar-refractivity contribution in [2.24, 2.45) is 5.92 Å². The predicted octanol–water partition coefficient (Wildman–Crippen LogP) is 10.1. The molecule has 4 aromatic carbocycles. The zero-order valence-corrected chi connectivity index (χ0v) is 44.1. The van der Waals surface area contributed by atoms with Gasteiger partial charge in [-0.1, -0.05) is 79.7 Å². The van der Waals surface area contributed by atoms with Crippen LogP contribution in [0.5, 0.6) is 0 Å². The summed E-state index contributed by atoms with van der Waals surface area (Å²) >= 11 is 3.38. The van der Waals surface area contributed by atoms with Crippen molar-refractivity contribution in [2.75, 3.05) is 7.11 Å². The number of carbonyl (C=O) groups excluding carboxylic acids is 4. The van der Waals surface area contributed by atoms with E-state index in [1.807, 2.05) is 87.5 Å². The molecular formula is C58H64O13S2. The summed E-state index contributed by atoms with van der Waals surface area (Å²) in [5.74, 6) is -1.83. The molecule has 13 nitrogen and oxygen atoms in total. The normalized spacial score (nSPS) is 24.2. The number of esters is 2. The summed E-state index contributed by atoms with van der Waals surface area (Å²) in [6.45, 7) is 14.2. The highest BCUT2D eigenvalue weighted by Crippen LogP contribution is 2.43. The fourth-order valence-corrected chi connectivity index (χ4v) is 11.4. The Kier molecular flexibility index (Phi) is 18.2. The van der Waals surface area contributed by atoms with Gasteiger partial charge in [-0.3, -0.25) is 19.2 Å². The van der Waals surface area contributed by atoms with E-state index in [0.29, 0.717) is 23.1 Å². The van der Waals surface area contributed by atoms with Crippen molar-refractivity contribution in [3.63, 3.8) is 0 Å². The molecule has 5 heterocycles. The maximum atomic E-state index is 12.0. The number of aryl methyl sites for hydroxylation is 2. The van der Waals surface area contributed by atoms with Crippen LogP contribution in [0.25, 0.3) is 20.9 Å². The van der Waals surface area contributed by atoms with Gasteiger partial charge in [-0.2, -0.15) is 0 Å². The number of carbonyl (C=O) groups is 4. The van der Waals surface area contributed by atoms with E-state index in [0.717, 1.165) is 74.8 Å². The van der Waals surface area contributed by atoms with E-state index >= 15 is 0 Å². The number of thiophene rings is 2. The number of hydrogen-bond donors (Lipinski definition) is 3. The molecule has 10 atom stereocenters. The molecule has 0 aliphatic carbocycles. The minimum absolute atomic E-state index is 0.142. The first kappa shape index (κ1) is 55.0. The highest BCUT2D eigenvalue weighted by atomic mass is 32.1. The molecule has 3 N–H and O–H groups in total. The Morgan fingerprint density at radius 1 is 0.699 bits per heavy atom. The summed E-state index contributed by atoms with van der Waals surface area (Å²) in [5, 5.41) is 28.8. The molecule has 2 unspecified atom stereocenters. The van der Waals surface area contributed by atoms with Crippen molar-refractivity contribution >= 4 is 47.2 Å². The van der Waals surface area contributed by atoms with Gasteiger partial charge in [0.15, 0.2) is 18.2 Å². The lowest BCUT2D eigenvalue weighted by molar-refractivity contribution is -0.226. The minimum atomic E-state index is -1.01. The van der Waals surface area contributed by atoms with Crippen molar-refractivity contribution in [1.29, 1.82) is 0 Å². The van der Waals surface area contributed by atoms with E-state index in [2.05, 4.69) is 37.3 Å². The second-order valence-corrected chi connectivity index (χ2v) is 21.4. The van der Waals surface area contributed by atoms with Gasteiger partial charge in [0.05, 0.1) is 6.10 Å². The molecule has 3 fully saturated rings. The number of aliphatic hydroxyl groups excluding tert-OH is 3. The first-order valence-electron chi connectivity index (χ1n) is 24.2. The molecule has 0 saturated carbocycles. The summed E-state index contributed by atoms with van der Waals surface area (Å²) in [5.41, 5.74) is 9.38. The van der Waals surface area contributed by atoms with Crippen molar-refractivity contribution < 1.29 is 62.9 Å². The molecule has 2 aromatic heterocycles. The lowest BCUT2D eigenvalue weighted by Gasteiger charge is -2.43. The standard InChI is InChI=1S/C30H32O6S.C27H28O6S.CH4O/c1-17-9-10-24(29-30(36-21(5)33)28(35-20(4)32)18(2)19(3)34-29)14-25(17)15-26-11-12-27(37-26)23-8-6-7-22(13-23)16-31;1-15-7-8-18(22(29)24-23(30)25-26(31-24)33-27(2,3)32-25)12-19(15)13-20-9-10-21(34-20)17-6-4-5-16(11-17)14-28;1-2/h6-14,16,18-19,28-30H,15H2,1-5H3;4-12,14,22-26,29-30H,13H2,1-3H3;2H,1H3/t18-,19-,28+,29?,30-;22?,23-,24+,25+,26+;/m11./s1. The molecule has 73 heavy (non-hydrogen) atoms. The van der Waals surface area contributed by atoms with E-state index in [9.17, 15) is 29.4 Å². The van der Waals surface area contributed by atoms with Crippen LogP contribution in [0, 0.1) is 19.8 Å². The Bertz CT molecular complexity index is 2890. The lowest BCUT2D eigenvalue weighted by Crippen LogP contribution is -2.52. The van der Waals surface area contributed by atoms with Crippen molar-refractivity contribution in [3.05, 3.63) is 163 Å². The number of rotatable bonds is 13. The molecule has 3 aliphatic heterocycles. The van der Waals surface area contributed by atoms with Gasteiger partial charge in [-0.05, 0) is 116 Å². The molecule has 6 aromatic rings. The van der Waals surface area contributed by atoms with Gasteiger partial charge in [0.1, 0.15) is 49.2 Å². The van der Waals surface area contributed by atoms with Crippen LogP contribution in [0.1, 0.15) is 118 Å². The molecule has 9 rings (SSSR count). The topological polar surface area (TPSA) is 184 Å². The number of hydrogen-bond acceptors (Lipinski definition) is 15. The monoisotopic (exact) mass is 1030 g/mol. The van der Waals surface area contributed by atoms with Gasteiger partial charge in [-0.15, -0.1) is 22.7 Å². The quantitative estimate of drug-likeness (QED) is 0.0734. The zero-order chi connectivity index (χ0) is 52.7. The number of ether oxygens (including phenoxy) is 6. The minimum Gasteiger partial charge on any atom is -0.458 e. The molecule has 0 radical (unpaired) electrons. The molecule has 0 amide bonds. The Balaban J connectivity index is 0.000000207. The highest BCUT2D eigenvalue weighted by Gasteiger charge is 2.56. The summed E-state index contributed by atoms with van der Waals surface area (Å²) in [6, 6.07) is 35.5. The molecule has 3 aliphatic rings. The molecule has 3 saturated heterocycles. The largest absolute Gasteiger partial charge is 0.458 e. The van der Waals surface area contributed by atoms with Crippen LogP contribution in [-0.4, -0.2) is 95.6 Å². The zero-order valence-electron chi connectivity index (χ0n) is 42.5. The lowest BCUT2D eigenvalue weighted by atomic mass is 9.85. The maximum Gasteiger partial charge on any atom is 0.303 e. The van der Waals surface area contributed by atoms with Gasteiger partial charge < -0.3 is 43.7 Å². The maximum absolute atomic E-state index is 12.0. The van der Waals surface area contributed by atoms with Gasteiger partial charge >= 0.3 is 11.9 Å². The Hall–Kier alpha value is -5.72. The first-order chi connectivity index (χ1) is 34.9. The van der Waals surface area contributed by atoms with Crippen LogP contribution < -0.4 is 0 Å². The number of fused-ring (bicyclic) bond motifs is 1. The van der Waals surface area contributed by atoms with Crippen LogP contribution in [0.3, 0.4) is 0 Å². The van der Waals surface area contributed by atoms with Gasteiger partial charge in [0.25, 0.3) is 0 Å². The van der Waals surface area contributed by atoms with Crippen LogP contribution in [0.4, 0.5) is 0 Å². The van der Waals surface area contributed by atoms with Crippen LogP contribution >= 0.6 is 22.7 Å². The van der Waals surface area contributed by atoms with Gasteiger partial charge in [0.2, 0.25) is 0 Å². The van der Waals surface area contributed by atoms with Gasteiger partial charge in [-0.25, -0.2) is 0 Å². The third kappa shape index (κ3) is 13.2. The van der Waals surface area contributed by atoms with Gasteiger partial charge in [0, 0.05) is 70.4 Å². The highest BCUT2D eigenvalue weighted by molar-refractivity contribution is 7.15. The predicted molar refractivity (Wildman–Crippen MR) is 280 cm³/mol. The molecular weight excluding hydrogens is 969 g/mol. The summed E-state index contributed by atoms with van der Waals surface area (Å²) < 4.78 is 35.0. The average molecular weight is 1030 g/mol. The number of aldehydes is 2. The Morgan fingerprint density at radius 2 is 1.23 bits per heavy atom. The molecule has 386 valence electrons. The number of aliphatic hydroxyl groups is 3. The summed E-state index contributed by atoms with van der Waals surface area (Å²) in [4.78, 5) is 50.7. The number of benzene rings is 4. The SMILES string of the molecule is CC(=O)O[C@H]1[C@H](C)[C@@H](C)OC(c2ccc(C)c(Cc3ccc(-c4cccc(C=O)c4)s3)c2)[C@@H]1OC(C)=O.CO.Cc1ccc(C(O)[C@@H]2O[C@H]3OC(C)(C)O[C@H]3[C@@H]2O)cc1Cc1ccc(-c2cccc(C=O)c2)s1. The average Bonchev–Trinajstić information content (AvgIpc) is 4.18. The van der Waals surface area contributed by atoms with Crippen LogP contribution in [0.15, 0.2) is 109 Å². The van der Waals surface area contributed by atoms with E-state index in [-0.39, 0.29) is 12.0 Å². The van der Waals surface area contributed by atoms with Crippen LogP contribution in [-0.2, 0) is 50.9 Å². The van der Waals surface area contributed by atoms with Crippen molar-refractivity contribution in [2.45, 2.75) is 129 Å². The van der Waals surface area contributed by atoms with Crippen molar-refractivity contribution in [1.82, 2.24) is 0 Å². The second-order valence-electron chi connectivity index (χ2n) is 19.0. The molecule has 0 bridgehead atoms. The first-order valence-corrected chi connectivity index (χ1v) is 25.8. The third-order valence-corrected chi connectivity index (χ3v) is 15.6. The van der Waals surface area contributed by atoms with E-state index in [1.165, 1.54) is 23.6 Å². The fourth-order valence-electron chi connectivity index (χ4n) is 9.38. The van der Waals surface area contributed by atoms with Crippen LogP contribution in [0.2, 0.25) is 0 Å². The van der Waals surface area contributed by atoms with E-state index in [1.54, 1.807) is 48.7 Å². The Labute approximate surface area is 434 Å². The second kappa shape index (κ2) is 24.1. The summed E-state index contributed by atoms with van der Waals surface area (Å²) in [6.07, 6.45) is -3.13. The molecule has 0 spiro atoms. The summed E-state index contributed by atoms with van der Waals surface area (Å²) in [7, 11) is 1.00. The molecule has 15 heteroatoms. The van der Waals surface area contributed by atoms with E-state index in [4.69, 9.17) is 33.5 Å². The van der Waals surface area contributed by atoms with E-state index < -0.39 is 66.7 Å². The van der Waals surface area contributed by atoms with Crippen molar-refractivity contribution in [3.8, 4) is 20.9 Å². The fraction of sp³-hybridized carbons (Fsp3) is 0.379. The Morgan fingerprint density at radius 3 is 1.77 bits per heavy atom.